The van der Waals surface area contributed by atoms with Gasteiger partial charge in [-0.2, -0.15) is 0 Å². The maximum Gasteiger partial charge on any atom is 0.328 e. The summed E-state index contributed by atoms with van der Waals surface area (Å²) in [6.45, 7) is 3.86. The van der Waals surface area contributed by atoms with Crippen LogP contribution in [0.2, 0.25) is 0 Å². The van der Waals surface area contributed by atoms with Crippen LogP contribution in [0.5, 0.6) is 0 Å². The Balaban J connectivity index is 2.92. The number of rotatable bonds is 3. The van der Waals surface area contributed by atoms with Gasteiger partial charge in [0.15, 0.2) is 5.78 Å². The fraction of sp³-hybridized carbons (Fsp3) is 0.167. The molecule has 0 unspecified atom stereocenters. The Morgan fingerprint density at radius 3 is 2.33 bits per heavy atom. The minimum absolute atomic E-state index is 0.291. The molecular weight excluding hydrogens is 192 g/mol. The molecule has 0 saturated heterocycles. The SMILES string of the molecule is Cc1ccc(C(=O)/C=C/C(=O)O)cc1C. The first-order chi connectivity index (χ1) is 7.00. The molecule has 15 heavy (non-hydrogen) atoms. The smallest absolute Gasteiger partial charge is 0.328 e. The van der Waals surface area contributed by atoms with Crippen LogP contribution >= 0.6 is 0 Å². The number of aliphatic carboxylic acids is 1. The molecule has 0 fully saturated rings. The van der Waals surface area contributed by atoms with Gasteiger partial charge < -0.3 is 5.11 Å². The zero-order chi connectivity index (χ0) is 11.4. The van der Waals surface area contributed by atoms with E-state index in [1.54, 1.807) is 12.1 Å². The Morgan fingerprint density at radius 2 is 1.80 bits per heavy atom. The van der Waals surface area contributed by atoms with E-state index in [9.17, 15) is 9.59 Å². The predicted octanol–water partition coefficient (Wildman–Crippen LogP) is 2.13. The normalized spacial score (nSPS) is 10.5. The molecule has 0 spiro atoms. The van der Waals surface area contributed by atoms with Gasteiger partial charge in [0.25, 0.3) is 0 Å². The lowest BCUT2D eigenvalue weighted by atomic mass is 10.0. The number of carbonyl (C=O) groups excluding carboxylic acids is 1. The van der Waals surface area contributed by atoms with Gasteiger partial charge >= 0.3 is 5.97 Å². The first-order valence-electron chi connectivity index (χ1n) is 4.53. The van der Waals surface area contributed by atoms with Crippen molar-refractivity contribution in [2.24, 2.45) is 0 Å². The fourth-order valence-corrected chi connectivity index (χ4v) is 1.14. The van der Waals surface area contributed by atoms with E-state index < -0.39 is 5.97 Å². The van der Waals surface area contributed by atoms with E-state index in [1.165, 1.54) is 0 Å². The molecule has 0 bridgehead atoms. The Morgan fingerprint density at radius 1 is 1.13 bits per heavy atom. The molecule has 78 valence electrons. The van der Waals surface area contributed by atoms with Crippen molar-refractivity contribution in [2.45, 2.75) is 13.8 Å². The van der Waals surface area contributed by atoms with E-state index in [0.29, 0.717) is 5.56 Å². The highest BCUT2D eigenvalue weighted by Crippen LogP contribution is 2.10. The van der Waals surface area contributed by atoms with Gasteiger partial charge in [0.1, 0.15) is 0 Å². The molecule has 1 aromatic carbocycles. The highest BCUT2D eigenvalue weighted by atomic mass is 16.4. The molecule has 0 aliphatic rings. The molecule has 0 aliphatic carbocycles. The van der Waals surface area contributed by atoms with Gasteiger partial charge in [0.05, 0.1) is 0 Å². The average Bonchev–Trinajstić information content (AvgIpc) is 2.18. The summed E-state index contributed by atoms with van der Waals surface area (Å²) < 4.78 is 0. The van der Waals surface area contributed by atoms with Gasteiger partial charge in [0, 0.05) is 11.6 Å². The number of carboxylic acid groups (broad SMARTS) is 1. The monoisotopic (exact) mass is 204 g/mol. The summed E-state index contributed by atoms with van der Waals surface area (Å²) in [5.74, 6) is -1.41. The number of hydrogen-bond acceptors (Lipinski definition) is 2. The summed E-state index contributed by atoms with van der Waals surface area (Å²) in [6.07, 6.45) is 1.91. The Labute approximate surface area is 88.0 Å². The average molecular weight is 204 g/mol. The molecule has 0 radical (unpaired) electrons. The number of benzene rings is 1. The quantitative estimate of drug-likeness (QED) is 0.606. The Hall–Kier alpha value is -1.90. The van der Waals surface area contributed by atoms with Gasteiger partial charge in [-0.25, -0.2) is 4.79 Å². The van der Waals surface area contributed by atoms with Crippen molar-refractivity contribution < 1.29 is 14.7 Å². The van der Waals surface area contributed by atoms with Crippen LogP contribution in [0.15, 0.2) is 30.4 Å². The van der Waals surface area contributed by atoms with E-state index in [1.807, 2.05) is 19.9 Å². The first kappa shape index (κ1) is 11.2. The highest BCUT2D eigenvalue weighted by molar-refractivity contribution is 6.06. The molecule has 0 atom stereocenters. The third kappa shape index (κ3) is 3.06. The van der Waals surface area contributed by atoms with Crippen molar-refractivity contribution in [3.8, 4) is 0 Å². The maximum absolute atomic E-state index is 11.5. The maximum atomic E-state index is 11.5. The zero-order valence-electron chi connectivity index (χ0n) is 8.65. The number of ketones is 1. The molecule has 0 aromatic heterocycles. The van der Waals surface area contributed by atoms with E-state index in [0.717, 1.165) is 23.3 Å². The molecule has 0 amide bonds. The second-order valence-corrected chi connectivity index (χ2v) is 3.33. The van der Waals surface area contributed by atoms with Crippen molar-refractivity contribution >= 4 is 11.8 Å². The number of carboxylic acids is 1. The van der Waals surface area contributed by atoms with Gasteiger partial charge in [-0.05, 0) is 37.1 Å². The molecule has 1 aromatic rings. The highest BCUT2D eigenvalue weighted by Gasteiger charge is 2.03. The third-order valence-corrected chi connectivity index (χ3v) is 2.17. The second-order valence-electron chi connectivity index (χ2n) is 3.33. The van der Waals surface area contributed by atoms with Crippen LogP contribution in [-0.4, -0.2) is 16.9 Å². The number of allylic oxidation sites excluding steroid dienone is 1. The van der Waals surface area contributed by atoms with Crippen LogP contribution in [-0.2, 0) is 4.79 Å². The van der Waals surface area contributed by atoms with Crippen molar-refractivity contribution in [1.29, 1.82) is 0 Å². The summed E-state index contributed by atoms with van der Waals surface area (Å²) in [7, 11) is 0. The van der Waals surface area contributed by atoms with Gasteiger partial charge in [0.2, 0.25) is 0 Å². The summed E-state index contributed by atoms with van der Waals surface area (Å²) in [5, 5.41) is 8.37. The van der Waals surface area contributed by atoms with Crippen LogP contribution in [0, 0.1) is 13.8 Å². The van der Waals surface area contributed by atoms with E-state index >= 15 is 0 Å². The van der Waals surface area contributed by atoms with Crippen LogP contribution in [0.3, 0.4) is 0 Å². The topological polar surface area (TPSA) is 54.4 Å². The van der Waals surface area contributed by atoms with Crippen molar-refractivity contribution in [1.82, 2.24) is 0 Å². The largest absolute Gasteiger partial charge is 0.478 e. The van der Waals surface area contributed by atoms with Gasteiger partial charge in [-0.1, -0.05) is 12.1 Å². The summed E-state index contributed by atoms with van der Waals surface area (Å²) in [5.41, 5.74) is 2.63. The molecule has 0 aliphatic heterocycles. The fourth-order valence-electron chi connectivity index (χ4n) is 1.14. The van der Waals surface area contributed by atoms with Crippen molar-refractivity contribution in [2.75, 3.05) is 0 Å². The summed E-state index contributed by atoms with van der Waals surface area (Å²) in [4.78, 5) is 21.7. The number of aryl methyl sites for hydroxylation is 2. The lowest BCUT2D eigenvalue weighted by Gasteiger charge is -2.01. The molecule has 3 heteroatoms. The lowest BCUT2D eigenvalue weighted by Crippen LogP contribution is -1.97. The minimum atomic E-state index is -1.12. The Bertz CT molecular complexity index is 430. The molecule has 0 heterocycles. The summed E-state index contributed by atoms with van der Waals surface area (Å²) in [6, 6.07) is 5.29. The summed E-state index contributed by atoms with van der Waals surface area (Å²) >= 11 is 0. The molecular formula is C12H12O3. The van der Waals surface area contributed by atoms with E-state index in [4.69, 9.17) is 5.11 Å². The molecule has 1 N–H and O–H groups in total. The predicted molar refractivity (Wildman–Crippen MR) is 57.0 cm³/mol. The number of carbonyl (C=O) groups is 2. The van der Waals surface area contributed by atoms with Crippen LogP contribution in [0.25, 0.3) is 0 Å². The third-order valence-electron chi connectivity index (χ3n) is 2.17. The van der Waals surface area contributed by atoms with Crippen LogP contribution < -0.4 is 0 Å². The van der Waals surface area contributed by atoms with E-state index in [-0.39, 0.29) is 5.78 Å². The van der Waals surface area contributed by atoms with Crippen LogP contribution in [0.1, 0.15) is 21.5 Å². The van der Waals surface area contributed by atoms with E-state index in [2.05, 4.69) is 0 Å². The van der Waals surface area contributed by atoms with Gasteiger partial charge in [-0.3, -0.25) is 4.79 Å². The first-order valence-corrected chi connectivity index (χ1v) is 4.53. The standard InChI is InChI=1S/C12H12O3/c1-8-3-4-10(7-9(8)2)11(13)5-6-12(14)15/h3-7H,1-2H3,(H,14,15)/b6-5+. The number of hydrogen-bond donors (Lipinski definition) is 1. The molecule has 3 nitrogen and oxygen atoms in total. The lowest BCUT2D eigenvalue weighted by molar-refractivity contribution is -0.131. The second kappa shape index (κ2) is 4.55. The zero-order valence-corrected chi connectivity index (χ0v) is 8.65. The molecule has 1 rings (SSSR count). The van der Waals surface area contributed by atoms with Crippen molar-refractivity contribution in [3.63, 3.8) is 0 Å². The Kier molecular flexibility index (Phi) is 3.39. The minimum Gasteiger partial charge on any atom is -0.478 e. The van der Waals surface area contributed by atoms with Crippen molar-refractivity contribution in [3.05, 3.63) is 47.0 Å². The van der Waals surface area contributed by atoms with Crippen LogP contribution in [0.4, 0.5) is 0 Å². The molecule has 0 saturated carbocycles. The van der Waals surface area contributed by atoms with Gasteiger partial charge in [-0.15, -0.1) is 0 Å².